The Morgan fingerprint density at radius 1 is 0.931 bits per heavy atom. The number of hydrogen-bond donors (Lipinski definition) is 1. The number of ether oxygens (including phenoxy) is 1. The fourth-order valence-corrected chi connectivity index (χ4v) is 3.87. The first-order chi connectivity index (χ1) is 13.4. The minimum atomic E-state index is -4.66. The topological polar surface area (TPSA) is 86.7 Å². The summed E-state index contributed by atoms with van der Waals surface area (Å²) in [5.41, 5.74) is 1.09. The molecular weight excluding hydrogens is 415 g/mol. The first-order valence-electron chi connectivity index (χ1n) is 9.96. The average molecular weight is 445 g/mol. The second-order valence-electron chi connectivity index (χ2n) is 7.03. The standard InChI is InChI=1S/C22H30O5S.K/c1-2-3-4-5-6-7-8-9-12-18-13-10-14-19(17-18)27-21-16-11-15-20(23)22(21)28(24,25)26;/h10-11,13-17,23H,2-9,12H2,1H3,(H,24,25,26);/q;+1/p-1. The number of rotatable bonds is 12. The van der Waals surface area contributed by atoms with Crippen molar-refractivity contribution >= 4 is 10.1 Å². The molecule has 7 heteroatoms. The maximum Gasteiger partial charge on any atom is 1.00 e. The Morgan fingerprint density at radius 2 is 1.55 bits per heavy atom. The zero-order chi connectivity index (χ0) is 20.4. The molecule has 0 saturated carbocycles. The second kappa shape index (κ2) is 13.8. The van der Waals surface area contributed by atoms with E-state index < -0.39 is 20.8 Å². The van der Waals surface area contributed by atoms with Gasteiger partial charge >= 0.3 is 51.4 Å². The summed E-state index contributed by atoms with van der Waals surface area (Å²) in [5.74, 6) is -0.526. The summed E-state index contributed by atoms with van der Waals surface area (Å²) in [5, 5.41) is 11.8. The first-order valence-corrected chi connectivity index (χ1v) is 11.4. The number of hydrogen-bond acceptors (Lipinski definition) is 4. The average Bonchev–Trinajstić information content (AvgIpc) is 2.63. The number of benzene rings is 2. The van der Waals surface area contributed by atoms with Crippen LogP contribution in [0.5, 0.6) is 17.2 Å². The molecule has 0 heterocycles. The van der Waals surface area contributed by atoms with Crippen LogP contribution in [0.25, 0.3) is 0 Å². The van der Waals surface area contributed by atoms with Gasteiger partial charge in [0.2, 0.25) is 0 Å². The van der Waals surface area contributed by atoms with Gasteiger partial charge in [0.15, 0.2) is 0 Å². The maximum absolute atomic E-state index is 11.8. The molecule has 2 aromatic carbocycles. The molecule has 154 valence electrons. The molecule has 5 nitrogen and oxygen atoms in total. The van der Waals surface area contributed by atoms with Gasteiger partial charge in [0.25, 0.3) is 10.1 Å². The summed E-state index contributed by atoms with van der Waals surface area (Å²) in [6.45, 7) is 2.22. The van der Waals surface area contributed by atoms with Crippen molar-refractivity contribution in [1.82, 2.24) is 0 Å². The molecule has 0 aromatic heterocycles. The molecular formula is C22H29KO5S. The Morgan fingerprint density at radius 3 is 2.21 bits per heavy atom. The molecule has 0 radical (unpaired) electrons. The van der Waals surface area contributed by atoms with Gasteiger partial charge in [-0.3, -0.25) is 4.55 Å². The fraction of sp³-hybridized carbons (Fsp3) is 0.455. The third kappa shape index (κ3) is 9.51. The van der Waals surface area contributed by atoms with Gasteiger partial charge in [0.1, 0.15) is 16.4 Å². The van der Waals surface area contributed by atoms with Crippen molar-refractivity contribution in [1.29, 1.82) is 0 Å². The minimum absolute atomic E-state index is 0. The number of aryl methyl sites for hydroxylation is 1. The fourth-order valence-electron chi connectivity index (χ4n) is 3.18. The van der Waals surface area contributed by atoms with E-state index in [1.165, 1.54) is 57.1 Å². The summed E-state index contributed by atoms with van der Waals surface area (Å²) in [7, 11) is -4.66. The van der Waals surface area contributed by atoms with Crippen LogP contribution in [0, 0.1) is 0 Å². The summed E-state index contributed by atoms with van der Waals surface area (Å²) in [6, 6.07) is 11.2. The molecule has 0 saturated heterocycles. The Balaban J connectivity index is 0.00000420. The van der Waals surface area contributed by atoms with Crippen molar-refractivity contribution in [2.75, 3.05) is 0 Å². The van der Waals surface area contributed by atoms with Crippen molar-refractivity contribution in [3.63, 3.8) is 0 Å². The molecule has 0 spiro atoms. The Hall–Kier alpha value is -0.414. The van der Waals surface area contributed by atoms with Crippen LogP contribution in [-0.2, 0) is 16.5 Å². The molecule has 2 rings (SSSR count). The van der Waals surface area contributed by atoms with Crippen LogP contribution in [0.4, 0.5) is 0 Å². The Kier molecular flexibility index (Phi) is 12.7. The molecule has 0 aliphatic carbocycles. The first kappa shape index (κ1) is 26.6. The molecule has 0 atom stereocenters. The molecule has 0 amide bonds. The smallest absolute Gasteiger partial charge is 0.871 e. The maximum atomic E-state index is 11.8. The molecule has 0 unspecified atom stereocenters. The predicted molar refractivity (Wildman–Crippen MR) is 109 cm³/mol. The van der Waals surface area contributed by atoms with Gasteiger partial charge < -0.3 is 9.84 Å². The summed E-state index contributed by atoms with van der Waals surface area (Å²) >= 11 is 0. The van der Waals surface area contributed by atoms with Gasteiger partial charge in [-0.05, 0) is 36.6 Å². The zero-order valence-electron chi connectivity index (χ0n) is 17.4. The van der Waals surface area contributed by atoms with Crippen LogP contribution >= 0.6 is 0 Å². The molecule has 29 heavy (non-hydrogen) atoms. The van der Waals surface area contributed by atoms with Gasteiger partial charge in [0.05, 0.1) is 0 Å². The van der Waals surface area contributed by atoms with Crippen LogP contribution in [-0.4, -0.2) is 13.0 Å². The van der Waals surface area contributed by atoms with Crippen molar-refractivity contribution in [2.24, 2.45) is 0 Å². The summed E-state index contributed by atoms with van der Waals surface area (Å²) in [6.07, 6.45) is 10.9. The Bertz CT molecular complexity index is 852. The van der Waals surface area contributed by atoms with Crippen molar-refractivity contribution in [3.8, 4) is 17.2 Å². The largest absolute Gasteiger partial charge is 1.00 e. The minimum Gasteiger partial charge on any atom is -0.871 e. The molecule has 0 aliphatic heterocycles. The van der Waals surface area contributed by atoms with E-state index in [-0.39, 0.29) is 57.1 Å². The van der Waals surface area contributed by atoms with Crippen LogP contribution in [0.1, 0.15) is 63.9 Å². The van der Waals surface area contributed by atoms with Gasteiger partial charge in [-0.2, -0.15) is 8.42 Å². The van der Waals surface area contributed by atoms with Crippen LogP contribution in [0.2, 0.25) is 0 Å². The van der Waals surface area contributed by atoms with E-state index in [0.717, 1.165) is 24.5 Å². The van der Waals surface area contributed by atoms with Crippen LogP contribution in [0.3, 0.4) is 0 Å². The van der Waals surface area contributed by atoms with E-state index in [2.05, 4.69) is 6.92 Å². The Labute approximate surface area is 217 Å². The van der Waals surface area contributed by atoms with E-state index in [4.69, 9.17) is 4.74 Å². The molecule has 1 N–H and O–H groups in total. The van der Waals surface area contributed by atoms with Gasteiger partial charge in [-0.15, -0.1) is 0 Å². The molecule has 0 aliphatic rings. The second-order valence-corrected chi connectivity index (χ2v) is 8.39. The van der Waals surface area contributed by atoms with E-state index >= 15 is 0 Å². The number of unbranched alkanes of at least 4 members (excludes halogenated alkanes) is 7. The van der Waals surface area contributed by atoms with E-state index in [1.807, 2.05) is 18.2 Å². The zero-order valence-corrected chi connectivity index (χ0v) is 21.3. The van der Waals surface area contributed by atoms with Gasteiger partial charge in [-0.1, -0.05) is 81.9 Å². The third-order valence-corrected chi connectivity index (χ3v) is 5.56. The van der Waals surface area contributed by atoms with Gasteiger partial charge in [0, 0.05) is 0 Å². The molecule has 2 aromatic rings. The molecule has 0 bridgehead atoms. The summed E-state index contributed by atoms with van der Waals surface area (Å²) in [4.78, 5) is -0.733. The van der Waals surface area contributed by atoms with Crippen molar-refractivity contribution in [3.05, 3.63) is 48.0 Å². The quantitative estimate of drug-likeness (QED) is 0.309. The normalized spacial score (nSPS) is 11.1. The summed E-state index contributed by atoms with van der Waals surface area (Å²) < 4.78 is 37.9. The van der Waals surface area contributed by atoms with Crippen molar-refractivity contribution < 1.29 is 74.2 Å². The molecule has 0 fully saturated rings. The third-order valence-electron chi connectivity index (χ3n) is 4.65. The van der Waals surface area contributed by atoms with Crippen LogP contribution in [0.15, 0.2) is 47.4 Å². The van der Waals surface area contributed by atoms with E-state index in [0.29, 0.717) is 5.75 Å². The van der Waals surface area contributed by atoms with E-state index in [9.17, 15) is 18.1 Å². The SMILES string of the molecule is CCCCCCCCCCc1cccc(Oc2cccc([O-])c2S(=O)(=O)O)c1.[K+]. The van der Waals surface area contributed by atoms with Crippen LogP contribution < -0.4 is 61.2 Å². The predicted octanol–water partition coefficient (Wildman–Crippen LogP) is 2.49. The van der Waals surface area contributed by atoms with Crippen molar-refractivity contribution in [2.45, 2.75) is 69.6 Å². The monoisotopic (exact) mass is 444 g/mol. The van der Waals surface area contributed by atoms with Gasteiger partial charge in [-0.25, -0.2) is 0 Å². The van der Waals surface area contributed by atoms with E-state index in [1.54, 1.807) is 6.07 Å².